The minimum Gasteiger partial charge on any atom is -0.497 e. The Morgan fingerprint density at radius 2 is 1.77 bits per heavy atom. The van der Waals surface area contributed by atoms with Gasteiger partial charge < -0.3 is 9.47 Å². The highest BCUT2D eigenvalue weighted by molar-refractivity contribution is 5.84. The highest BCUT2D eigenvalue weighted by atomic mass is 16.6. The van der Waals surface area contributed by atoms with Gasteiger partial charge in [0.1, 0.15) is 5.75 Å². The number of hydrogen-bond acceptors (Lipinski definition) is 6. The number of nitrogens with zero attached hydrogens (tertiary/aromatic N) is 2. The molecular weight excluding hydrogens is 384 g/mol. The molecule has 2 saturated heterocycles. The van der Waals surface area contributed by atoms with Crippen molar-refractivity contribution in [3.05, 3.63) is 75.8 Å². The number of benzene rings is 2. The third-order valence-corrected chi connectivity index (χ3v) is 7.04. The van der Waals surface area contributed by atoms with Gasteiger partial charge in [-0.25, -0.2) is 4.79 Å². The van der Waals surface area contributed by atoms with Crippen LogP contribution in [0.5, 0.6) is 5.75 Å². The Morgan fingerprint density at radius 3 is 2.33 bits per heavy atom. The van der Waals surface area contributed by atoms with Crippen molar-refractivity contribution in [3.63, 3.8) is 0 Å². The van der Waals surface area contributed by atoms with Crippen molar-refractivity contribution in [1.29, 1.82) is 0 Å². The third kappa shape index (κ3) is 2.58. The van der Waals surface area contributed by atoms with Gasteiger partial charge in [0.15, 0.2) is 5.54 Å². The van der Waals surface area contributed by atoms with E-state index in [-0.39, 0.29) is 11.0 Å². The van der Waals surface area contributed by atoms with E-state index >= 15 is 0 Å². The monoisotopic (exact) mass is 410 g/mol. The first-order valence-corrected chi connectivity index (χ1v) is 10.1. The molecule has 4 atom stereocenters. The third-order valence-electron chi connectivity index (χ3n) is 7.04. The Labute approximate surface area is 175 Å². The van der Waals surface area contributed by atoms with Crippen LogP contribution in [0, 0.1) is 10.1 Å². The lowest BCUT2D eigenvalue weighted by atomic mass is 9.68. The zero-order valence-corrected chi connectivity index (χ0v) is 17.4. The summed E-state index contributed by atoms with van der Waals surface area (Å²) in [5.74, 6) is -0.344. The average molecular weight is 410 g/mol. The fourth-order valence-electron chi connectivity index (χ4n) is 5.70. The molecule has 2 aliphatic rings. The van der Waals surface area contributed by atoms with E-state index in [9.17, 15) is 14.9 Å². The highest BCUT2D eigenvalue weighted by Crippen LogP contribution is 2.62. The van der Waals surface area contributed by atoms with Crippen LogP contribution in [0.25, 0.3) is 0 Å². The molecule has 0 spiro atoms. The van der Waals surface area contributed by atoms with E-state index < -0.39 is 23.0 Å². The fraction of sp³-hybridized carbons (Fsp3) is 0.435. The molecule has 0 radical (unpaired) electrons. The van der Waals surface area contributed by atoms with Crippen LogP contribution in [-0.4, -0.2) is 47.6 Å². The molecule has 2 heterocycles. The molecule has 2 aromatic carbocycles. The molecule has 158 valence electrons. The summed E-state index contributed by atoms with van der Waals surface area (Å²) in [5, 5.41) is 12.7. The van der Waals surface area contributed by atoms with Gasteiger partial charge in [-0.15, -0.1) is 0 Å². The van der Waals surface area contributed by atoms with Gasteiger partial charge in [0, 0.05) is 24.4 Å². The number of nitro groups is 1. The predicted molar refractivity (Wildman–Crippen MR) is 111 cm³/mol. The van der Waals surface area contributed by atoms with Crippen molar-refractivity contribution in [1.82, 2.24) is 4.90 Å². The largest absolute Gasteiger partial charge is 0.497 e. The van der Waals surface area contributed by atoms with E-state index in [2.05, 4.69) is 0 Å². The quantitative estimate of drug-likeness (QED) is 0.426. The number of carbonyl (C=O) groups is 1. The number of hydrogen-bond donors (Lipinski definition) is 0. The normalized spacial score (nSPS) is 30.6. The van der Waals surface area contributed by atoms with Crippen molar-refractivity contribution >= 4 is 5.97 Å². The van der Waals surface area contributed by atoms with E-state index in [4.69, 9.17) is 9.47 Å². The van der Waals surface area contributed by atoms with Crippen LogP contribution >= 0.6 is 0 Å². The number of methoxy groups -OCH3 is 2. The molecule has 0 saturated carbocycles. The highest BCUT2D eigenvalue weighted by Gasteiger charge is 2.79. The average Bonchev–Trinajstić information content (AvgIpc) is 3.31. The van der Waals surface area contributed by atoms with Crippen molar-refractivity contribution in [2.45, 2.75) is 42.8 Å². The molecule has 0 aliphatic carbocycles. The van der Waals surface area contributed by atoms with E-state index in [0.717, 1.165) is 11.1 Å². The summed E-state index contributed by atoms with van der Waals surface area (Å²) in [6.07, 6.45) is 1.10. The first kappa shape index (κ1) is 20.3. The van der Waals surface area contributed by atoms with Crippen LogP contribution in [0.2, 0.25) is 0 Å². The zero-order chi connectivity index (χ0) is 21.5. The summed E-state index contributed by atoms with van der Waals surface area (Å²) in [5.41, 5.74) is -1.11. The van der Waals surface area contributed by atoms with Crippen LogP contribution in [0.3, 0.4) is 0 Å². The van der Waals surface area contributed by atoms with Crippen LogP contribution in [0.1, 0.15) is 42.9 Å². The molecular formula is C23H26N2O5. The first-order chi connectivity index (χ1) is 14.4. The Kier molecular flexibility index (Phi) is 5.02. The number of fused-ring (bicyclic) bond motifs is 1. The van der Waals surface area contributed by atoms with Gasteiger partial charge in [0.05, 0.1) is 20.1 Å². The number of rotatable bonds is 5. The van der Waals surface area contributed by atoms with Crippen molar-refractivity contribution in [3.8, 4) is 5.75 Å². The molecule has 0 amide bonds. The van der Waals surface area contributed by atoms with Gasteiger partial charge in [-0.1, -0.05) is 42.5 Å². The summed E-state index contributed by atoms with van der Waals surface area (Å²) < 4.78 is 10.5. The Hall–Kier alpha value is -2.93. The number of ether oxygens (including phenoxy) is 2. The molecule has 7 nitrogen and oxygen atoms in total. The maximum absolute atomic E-state index is 13.2. The Balaban J connectivity index is 1.99. The van der Waals surface area contributed by atoms with Crippen LogP contribution in [0.15, 0.2) is 54.6 Å². The van der Waals surface area contributed by atoms with Crippen molar-refractivity contribution in [2.75, 3.05) is 20.8 Å². The molecule has 2 fully saturated rings. The second-order valence-corrected chi connectivity index (χ2v) is 8.16. The van der Waals surface area contributed by atoms with E-state index in [1.54, 1.807) is 14.0 Å². The van der Waals surface area contributed by atoms with E-state index in [1.807, 2.05) is 59.5 Å². The minimum atomic E-state index is -1.55. The van der Waals surface area contributed by atoms with Gasteiger partial charge >= 0.3 is 5.97 Å². The molecule has 0 unspecified atom stereocenters. The minimum absolute atomic E-state index is 0.260. The topological polar surface area (TPSA) is 81.9 Å². The van der Waals surface area contributed by atoms with E-state index in [0.29, 0.717) is 25.1 Å². The maximum Gasteiger partial charge on any atom is 0.333 e. The van der Waals surface area contributed by atoms with Gasteiger partial charge in [-0.2, -0.15) is 0 Å². The molecule has 0 N–H and O–H groups in total. The molecule has 4 rings (SSSR count). The van der Waals surface area contributed by atoms with Gasteiger partial charge in [0.2, 0.25) is 0 Å². The predicted octanol–water partition coefficient (Wildman–Crippen LogP) is 3.58. The second-order valence-electron chi connectivity index (χ2n) is 8.16. The lowest BCUT2D eigenvalue weighted by molar-refractivity contribution is -0.577. The standard InChI is InChI=1S/C23H26N2O5/c1-22(25(27)28)19(16-8-5-4-6-9-16)20(17-10-12-18(29-2)13-11-17)24-15-7-14-23(22,24)21(26)30-3/h4-6,8-13,19-20H,7,14-15H2,1-3H3/t19-,20-,22+,23-/m0/s1. The smallest absolute Gasteiger partial charge is 0.333 e. The SMILES string of the molecule is COC(=O)[C@]12CCCN1[C@@H](c1ccc(OC)cc1)[C@H](c1ccccc1)[C@@]2(C)[N+](=O)[O-]. The summed E-state index contributed by atoms with van der Waals surface area (Å²) >= 11 is 0. The van der Waals surface area contributed by atoms with Crippen LogP contribution < -0.4 is 4.74 Å². The van der Waals surface area contributed by atoms with Gasteiger partial charge in [0.25, 0.3) is 5.54 Å². The van der Waals surface area contributed by atoms with E-state index in [1.165, 1.54) is 7.11 Å². The van der Waals surface area contributed by atoms with Crippen molar-refractivity contribution in [2.24, 2.45) is 0 Å². The summed E-state index contributed by atoms with van der Waals surface area (Å²) in [4.78, 5) is 27.7. The molecule has 7 heteroatoms. The van der Waals surface area contributed by atoms with Gasteiger partial charge in [-0.3, -0.25) is 15.0 Å². The summed E-state index contributed by atoms with van der Waals surface area (Å²) in [7, 11) is 2.91. The molecule has 30 heavy (non-hydrogen) atoms. The van der Waals surface area contributed by atoms with Crippen LogP contribution in [-0.2, 0) is 9.53 Å². The lowest BCUT2D eigenvalue weighted by Gasteiger charge is -2.36. The fourth-order valence-corrected chi connectivity index (χ4v) is 5.70. The lowest BCUT2D eigenvalue weighted by Crippen LogP contribution is -2.64. The maximum atomic E-state index is 13.2. The summed E-state index contributed by atoms with van der Waals surface area (Å²) in [6.45, 7) is 2.21. The van der Waals surface area contributed by atoms with Crippen molar-refractivity contribution < 1.29 is 19.2 Å². The summed E-state index contributed by atoms with van der Waals surface area (Å²) in [6, 6.07) is 16.7. The molecule has 2 aliphatic heterocycles. The number of carbonyl (C=O) groups excluding carboxylic acids is 1. The Morgan fingerprint density at radius 1 is 1.10 bits per heavy atom. The molecule has 0 bridgehead atoms. The zero-order valence-electron chi connectivity index (χ0n) is 17.4. The first-order valence-electron chi connectivity index (χ1n) is 10.1. The van der Waals surface area contributed by atoms with Crippen LogP contribution in [0.4, 0.5) is 0 Å². The second kappa shape index (κ2) is 7.40. The molecule has 2 aromatic rings. The van der Waals surface area contributed by atoms with Gasteiger partial charge in [-0.05, 0) is 36.1 Å². The Bertz CT molecular complexity index is 948. The molecule has 0 aromatic heterocycles. The number of esters is 1.